The van der Waals surface area contributed by atoms with Gasteiger partial charge in [0.15, 0.2) is 11.5 Å². The van der Waals surface area contributed by atoms with Gasteiger partial charge in [0.05, 0.1) is 14.2 Å². The van der Waals surface area contributed by atoms with E-state index in [1.807, 2.05) is 30.3 Å². The summed E-state index contributed by atoms with van der Waals surface area (Å²) in [5.74, 6) is 1.51. The van der Waals surface area contributed by atoms with Crippen LogP contribution in [0.2, 0.25) is 0 Å². The van der Waals surface area contributed by atoms with Crippen LogP contribution in [0.3, 0.4) is 0 Å². The minimum Gasteiger partial charge on any atom is -0.493 e. The molecule has 19 heavy (non-hydrogen) atoms. The van der Waals surface area contributed by atoms with Gasteiger partial charge in [-0.05, 0) is 35.7 Å². The molecule has 0 fully saturated rings. The number of ether oxygens (including phenoxy) is 2. The van der Waals surface area contributed by atoms with E-state index in [1.54, 1.807) is 14.2 Å². The molecule has 0 aliphatic rings. The van der Waals surface area contributed by atoms with E-state index in [0.29, 0.717) is 0 Å². The molecule has 2 aromatic rings. The van der Waals surface area contributed by atoms with Crippen molar-refractivity contribution >= 4 is 12.2 Å². The van der Waals surface area contributed by atoms with Gasteiger partial charge in [-0.3, -0.25) is 0 Å². The van der Waals surface area contributed by atoms with Crippen molar-refractivity contribution in [2.75, 3.05) is 14.2 Å². The fraction of sp³-hybridized carbons (Fsp3) is 0.176. The molecule has 0 amide bonds. The molecule has 0 aliphatic heterocycles. The Morgan fingerprint density at radius 1 is 0.842 bits per heavy atom. The standard InChI is InChI=1S/C17H18O2/c1-13-11-16(18-2)17(19-3)12-15(13)10-9-14-7-5-4-6-8-14/h4-12H,1-3H3. The molecule has 0 bridgehead atoms. The Bertz CT molecular complexity index is 571. The summed E-state index contributed by atoms with van der Waals surface area (Å²) in [4.78, 5) is 0. The van der Waals surface area contributed by atoms with E-state index in [0.717, 1.165) is 22.6 Å². The van der Waals surface area contributed by atoms with Crippen LogP contribution in [0.4, 0.5) is 0 Å². The smallest absolute Gasteiger partial charge is 0.161 e. The summed E-state index contributed by atoms with van der Waals surface area (Å²) in [6.07, 6.45) is 4.18. The third-order valence-electron chi connectivity index (χ3n) is 3.03. The van der Waals surface area contributed by atoms with Crippen LogP contribution in [0.25, 0.3) is 12.2 Å². The molecule has 0 aliphatic carbocycles. The number of hydrogen-bond acceptors (Lipinski definition) is 2. The topological polar surface area (TPSA) is 18.5 Å². The summed E-state index contributed by atoms with van der Waals surface area (Å²) in [5.41, 5.74) is 3.46. The Morgan fingerprint density at radius 3 is 2.11 bits per heavy atom. The predicted octanol–water partition coefficient (Wildman–Crippen LogP) is 4.18. The van der Waals surface area contributed by atoms with Crippen molar-refractivity contribution < 1.29 is 9.47 Å². The van der Waals surface area contributed by atoms with Gasteiger partial charge in [0.2, 0.25) is 0 Å². The quantitative estimate of drug-likeness (QED) is 0.762. The normalized spacial score (nSPS) is 10.7. The second-order valence-corrected chi connectivity index (χ2v) is 4.31. The molecule has 0 heterocycles. The first-order chi connectivity index (χ1) is 9.24. The Labute approximate surface area is 114 Å². The van der Waals surface area contributed by atoms with Gasteiger partial charge in [-0.1, -0.05) is 42.5 Å². The second-order valence-electron chi connectivity index (χ2n) is 4.31. The van der Waals surface area contributed by atoms with Crippen LogP contribution in [-0.4, -0.2) is 14.2 Å². The summed E-state index contributed by atoms with van der Waals surface area (Å²) in [6.45, 7) is 2.06. The largest absolute Gasteiger partial charge is 0.493 e. The first kappa shape index (κ1) is 13.2. The van der Waals surface area contributed by atoms with Crippen molar-refractivity contribution in [2.45, 2.75) is 6.92 Å². The van der Waals surface area contributed by atoms with Gasteiger partial charge in [-0.2, -0.15) is 0 Å². The molecule has 0 aromatic heterocycles. The van der Waals surface area contributed by atoms with Crippen molar-refractivity contribution in [3.8, 4) is 11.5 Å². The maximum absolute atomic E-state index is 5.33. The zero-order valence-corrected chi connectivity index (χ0v) is 11.5. The van der Waals surface area contributed by atoms with Crippen LogP contribution in [0.1, 0.15) is 16.7 Å². The maximum atomic E-state index is 5.33. The van der Waals surface area contributed by atoms with E-state index >= 15 is 0 Å². The molecule has 0 unspecified atom stereocenters. The van der Waals surface area contributed by atoms with Crippen LogP contribution >= 0.6 is 0 Å². The summed E-state index contributed by atoms with van der Waals surface area (Å²) in [6, 6.07) is 14.2. The Balaban J connectivity index is 2.33. The molecule has 0 saturated heterocycles. The minimum atomic E-state index is 0.751. The third-order valence-corrected chi connectivity index (χ3v) is 3.03. The average molecular weight is 254 g/mol. The molecule has 2 nitrogen and oxygen atoms in total. The summed E-state index contributed by atoms with van der Waals surface area (Å²) in [7, 11) is 3.30. The van der Waals surface area contributed by atoms with E-state index in [4.69, 9.17) is 9.47 Å². The second kappa shape index (κ2) is 6.10. The molecular weight excluding hydrogens is 236 g/mol. The number of benzene rings is 2. The van der Waals surface area contributed by atoms with E-state index in [2.05, 4.69) is 31.2 Å². The van der Waals surface area contributed by atoms with E-state index < -0.39 is 0 Å². The number of rotatable bonds is 4. The fourth-order valence-electron chi connectivity index (χ4n) is 1.93. The van der Waals surface area contributed by atoms with E-state index in [-0.39, 0.29) is 0 Å². The van der Waals surface area contributed by atoms with E-state index in [9.17, 15) is 0 Å². The van der Waals surface area contributed by atoms with Crippen LogP contribution in [0.5, 0.6) is 11.5 Å². The lowest BCUT2D eigenvalue weighted by Gasteiger charge is -2.10. The van der Waals surface area contributed by atoms with Crippen molar-refractivity contribution in [1.82, 2.24) is 0 Å². The summed E-state index contributed by atoms with van der Waals surface area (Å²) >= 11 is 0. The van der Waals surface area contributed by atoms with Crippen molar-refractivity contribution in [3.63, 3.8) is 0 Å². The zero-order chi connectivity index (χ0) is 13.7. The molecule has 0 saturated carbocycles. The molecule has 0 radical (unpaired) electrons. The summed E-state index contributed by atoms with van der Waals surface area (Å²) in [5, 5.41) is 0. The Morgan fingerprint density at radius 2 is 1.47 bits per heavy atom. The van der Waals surface area contributed by atoms with Crippen molar-refractivity contribution in [1.29, 1.82) is 0 Å². The first-order valence-electron chi connectivity index (χ1n) is 6.20. The molecule has 0 atom stereocenters. The molecule has 0 N–H and O–H groups in total. The molecular formula is C17H18O2. The lowest BCUT2D eigenvalue weighted by atomic mass is 10.1. The lowest BCUT2D eigenvalue weighted by Crippen LogP contribution is -1.92. The molecule has 2 heteroatoms. The monoisotopic (exact) mass is 254 g/mol. The van der Waals surface area contributed by atoms with Crippen LogP contribution in [0.15, 0.2) is 42.5 Å². The summed E-state index contributed by atoms with van der Waals surface area (Å²) < 4.78 is 10.6. The van der Waals surface area contributed by atoms with Crippen molar-refractivity contribution in [2.24, 2.45) is 0 Å². The van der Waals surface area contributed by atoms with E-state index in [1.165, 1.54) is 5.56 Å². The fourth-order valence-corrected chi connectivity index (χ4v) is 1.93. The molecule has 2 rings (SSSR count). The Kier molecular flexibility index (Phi) is 4.24. The predicted molar refractivity (Wildman–Crippen MR) is 79.7 cm³/mol. The van der Waals surface area contributed by atoms with Gasteiger partial charge in [-0.15, -0.1) is 0 Å². The van der Waals surface area contributed by atoms with Crippen LogP contribution in [-0.2, 0) is 0 Å². The van der Waals surface area contributed by atoms with Crippen LogP contribution < -0.4 is 9.47 Å². The molecule has 98 valence electrons. The SMILES string of the molecule is COc1cc(C)c(C=Cc2ccccc2)cc1OC. The van der Waals surface area contributed by atoms with Gasteiger partial charge in [0, 0.05) is 0 Å². The highest BCUT2D eigenvalue weighted by molar-refractivity contribution is 5.72. The molecule has 2 aromatic carbocycles. The number of hydrogen-bond donors (Lipinski definition) is 0. The van der Waals surface area contributed by atoms with Crippen LogP contribution in [0, 0.1) is 6.92 Å². The average Bonchev–Trinajstić information content (AvgIpc) is 2.46. The number of methoxy groups -OCH3 is 2. The highest BCUT2D eigenvalue weighted by Crippen LogP contribution is 2.31. The van der Waals surface area contributed by atoms with Gasteiger partial charge < -0.3 is 9.47 Å². The maximum Gasteiger partial charge on any atom is 0.161 e. The minimum absolute atomic E-state index is 0.751. The van der Waals surface area contributed by atoms with Gasteiger partial charge in [0.1, 0.15) is 0 Å². The van der Waals surface area contributed by atoms with Gasteiger partial charge in [-0.25, -0.2) is 0 Å². The Hall–Kier alpha value is -2.22. The number of aryl methyl sites for hydroxylation is 1. The van der Waals surface area contributed by atoms with Gasteiger partial charge >= 0.3 is 0 Å². The first-order valence-corrected chi connectivity index (χ1v) is 6.20. The van der Waals surface area contributed by atoms with Crippen molar-refractivity contribution in [3.05, 3.63) is 59.2 Å². The lowest BCUT2D eigenvalue weighted by molar-refractivity contribution is 0.354. The molecule has 0 spiro atoms. The third kappa shape index (κ3) is 3.16. The highest BCUT2D eigenvalue weighted by Gasteiger charge is 2.06. The zero-order valence-electron chi connectivity index (χ0n) is 11.5. The van der Waals surface area contributed by atoms with Gasteiger partial charge in [0.25, 0.3) is 0 Å². The highest BCUT2D eigenvalue weighted by atomic mass is 16.5.